The number of rotatable bonds is 15. The minimum absolute atomic E-state index is 0.0919. The molecule has 6 rings (SSSR count). The van der Waals surface area contributed by atoms with Gasteiger partial charge in [0.2, 0.25) is 5.91 Å². The van der Waals surface area contributed by atoms with Crippen LogP contribution >= 0.6 is 23.4 Å². The van der Waals surface area contributed by atoms with E-state index in [0.29, 0.717) is 35.6 Å². The fourth-order valence-electron chi connectivity index (χ4n) is 7.00. The van der Waals surface area contributed by atoms with Crippen molar-refractivity contribution in [2.45, 2.75) is 38.4 Å². The van der Waals surface area contributed by atoms with Gasteiger partial charge in [-0.3, -0.25) is 14.5 Å². The van der Waals surface area contributed by atoms with Crippen LogP contribution in [0.5, 0.6) is 23.0 Å². The van der Waals surface area contributed by atoms with Crippen LogP contribution in [0.4, 0.5) is 0 Å². The molecule has 0 bridgehead atoms. The fourth-order valence-corrected chi connectivity index (χ4v) is 8.66. The average Bonchev–Trinajstić information content (AvgIpc) is 3.64. The highest BCUT2D eigenvalue weighted by molar-refractivity contribution is 8.00. The normalized spacial score (nSPS) is 19.0. The molecule has 2 fully saturated rings. The molecule has 2 atom stereocenters. The number of methoxy groups -OCH3 is 2. The maximum atomic E-state index is 13.7. The van der Waals surface area contributed by atoms with Gasteiger partial charge in [0.25, 0.3) is 5.91 Å². The van der Waals surface area contributed by atoms with Crippen LogP contribution in [0.2, 0.25) is 5.02 Å². The van der Waals surface area contributed by atoms with Crippen LogP contribution < -0.4 is 24.3 Å². The Labute approximate surface area is 314 Å². The first-order valence-electron chi connectivity index (χ1n) is 17.2. The van der Waals surface area contributed by atoms with E-state index in [-0.39, 0.29) is 58.4 Å². The molecule has 3 aromatic rings. The molecule has 0 aliphatic carbocycles. The Morgan fingerprint density at radius 1 is 0.942 bits per heavy atom. The van der Waals surface area contributed by atoms with Crippen LogP contribution in [0, 0.1) is 5.92 Å². The minimum atomic E-state index is -0.692. The molecule has 14 heteroatoms. The van der Waals surface area contributed by atoms with Crippen molar-refractivity contribution < 1.29 is 42.5 Å². The highest BCUT2D eigenvalue weighted by Crippen LogP contribution is 2.44. The zero-order chi connectivity index (χ0) is 36.8. The lowest BCUT2D eigenvalue weighted by Gasteiger charge is -2.49. The second kappa shape index (κ2) is 16.6. The van der Waals surface area contributed by atoms with E-state index in [1.165, 1.54) is 0 Å². The van der Waals surface area contributed by atoms with E-state index in [9.17, 15) is 14.4 Å². The number of hydrogen-bond donors (Lipinski definition) is 1. The first-order valence-corrected chi connectivity index (χ1v) is 18.6. The van der Waals surface area contributed by atoms with Gasteiger partial charge in [0.05, 0.1) is 62.3 Å². The van der Waals surface area contributed by atoms with Crippen LogP contribution in [0.25, 0.3) is 0 Å². The molecule has 3 aliphatic rings. The van der Waals surface area contributed by atoms with Crippen molar-refractivity contribution in [3.05, 3.63) is 93.6 Å². The van der Waals surface area contributed by atoms with Gasteiger partial charge in [0, 0.05) is 24.2 Å². The summed E-state index contributed by atoms with van der Waals surface area (Å²) >= 11 is 8.57. The molecule has 3 aromatic carbocycles. The van der Waals surface area contributed by atoms with E-state index in [0.717, 1.165) is 54.1 Å². The second-order valence-corrected chi connectivity index (χ2v) is 14.7. The van der Waals surface area contributed by atoms with E-state index in [1.54, 1.807) is 43.0 Å². The van der Waals surface area contributed by atoms with Gasteiger partial charge < -0.3 is 33.4 Å². The first kappa shape index (κ1) is 37.4. The summed E-state index contributed by atoms with van der Waals surface area (Å²) in [6, 6.07) is 18.3. The number of carbonyl (C=O) groups excluding carboxylic acids is 3. The third kappa shape index (κ3) is 8.01. The largest absolute Gasteiger partial charge is 0.539 e. The standard InChI is InChI=1S/C38H41BClN3O8S/c1-24-36(45)42-33(38(46)51-39)27(23-52-37(24)42)20-43(17-4-5-18-43)19-16-41-35(44)30-14-15-31(49-21-25-6-10-28(47-2)11-7-25)34(32(30)40)50-22-26-8-12-29(48-3)13-9-26/h6-15,24,37H,4-5,16-23H2,1-3H3/p+1/t24-,37-/m1/s1. The minimum Gasteiger partial charge on any atom is -0.539 e. The Balaban J connectivity index is 1.17. The van der Waals surface area contributed by atoms with Crippen molar-refractivity contribution in [2.75, 3.05) is 52.7 Å². The van der Waals surface area contributed by atoms with Gasteiger partial charge in [-0.15, -0.1) is 11.8 Å². The summed E-state index contributed by atoms with van der Waals surface area (Å²) in [5.41, 5.74) is 3.17. The van der Waals surface area contributed by atoms with Crippen molar-refractivity contribution in [2.24, 2.45) is 5.92 Å². The Morgan fingerprint density at radius 2 is 1.56 bits per heavy atom. The van der Waals surface area contributed by atoms with E-state index in [4.69, 9.17) is 38.6 Å². The van der Waals surface area contributed by atoms with Gasteiger partial charge in [0.15, 0.2) is 11.5 Å². The molecule has 0 unspecified atom stereocenters. The number of nitrogens with one attached hydrogen (secondary N) is 1. The number of likely N-dealkylation sites (tertiary alicyclic amines) is 1. The Bertz CT molecular complexity index is 1820. The summed E-state index contributed by atoms with van der Waals surface area (Å²) in [4.78, 5) is 40.8. The van der Waals surface area contributed by atoms with E-state index in [1.807, 2.05) is 55.5 Å². The van der Waals surface area contributed by atoms with Crippen LogP contribution in [0.15, 0.2) is 71.9 Å². The van der Waals surface area contributed by atoms with E-state index >= 15 is 0 Å². The van der Waals surface area contributed by atoms with Crippen molar-refractivity contribution in [3.63, 3.8) is 0 Å². The number of β-lactam (4-membered cyclic amide) rings is 1. The molecular weight excluding hydrogens is 705 g/mol. The molecule has 0 saturated carbocycles. The monoisotopic (exact) mass is 746 g/mol. The number of ether oxygens (including phenoxy) is 4. The number of thioether (sulfide) groups is 1. The zero-order valence-electron chi connectivity index (χ0n) is 29.5. The number of halogens is 1. The van der Waals surface area contributed by atoms with Crippen LogP contribution in [-0.2, 0) is 27.5 Å². The Hall–Kier alpha value is -4.33. The second-order valence-electron chi connectivity index (χ2n) is 13.2. The maximum Gasteiger partial charge on any atom is 0.378 e. The molecular formula is C38H42BClN3O8S+. The number of hydrogen-bond acceptors (Lipinski definition) is 9. The fraction of sp³-hybridized carbons (Fsp3) is 0.395. The van der Waals surface area contributed by atoms with E-state index in [2.05, 4.69) is 9.97 Å². The van der Waals surface area contributed by atoms with Gasteiger partial charge in [-0.05, 0) is 47.5 Å². The van der Waals surface area contributed by atoms with Crippen LogP contribution in [-0.4, -0.2) is 93.3 Å². The molecule has 0 spiro atoms. The molecule has 1 N–H and O–H groups in total. The predicted molar refractivity (Wildman–Crippen MR) is 199 cm³/mol. The number of carbonyl (C=O) groups is 3. The highest BCUT2D eigenvalue weighted by Gasteiger charge is 2.52. The summed E-state index contributed by atoms with van der Waals surface area (Å²) in [6.07, 6.45) is 2.04. The van der Waals surface area contributed by atoms with Crippen LogP contribution in [0.3, 0.4) is 0 Å². The Kier molecular flexibility index (Phi) is 11.9. The molecule has 3 aliphatic heterocycles. The first-order chi connectivity index (χ1) is 25.2. The number of benzene rings is 3. The quantitative estimate of drug-likeness (QED) is 0.126. The highest BCUT2D eigenvalue weighted by atomic mass is 35.5. The van der Waals surface area contributed by atoms with Crippen molar-refractivity contribution in [1.82, 2.24) is 10.2 Å². The van der Waals surface area contributed by atoms with Crippen LogP contribution in [0.1, 0.15) is 41.3 Å². The third-order valence-electron chi connectivity index (χ3n) is 9.93. The number of quaternary nitrogens is 1. The van der Waals surface area contributed by atoms with E-state index < -0.39 is 5.97 Å². The Morgan fingerprint density at radius 3 is 2.15 bits per heavy atom. The molecule has 3 heterocycles. The van der Waals surface area contributed by atoms with Crippen molar-refractivity contribution in [1.29, 1.82) is 0 Å². The molecule has 272 valence electrons. The summed E-state index contributed by atoms with van der Waals surface area (Å²) in [5, 5.41) is 3.10. The lowest BCUT2D eigenvalue weighted by atomic mass is 9.97. The summed E-state index contributed by atoms with van der Waals surface area (Å²) in [5.74, 6) is 1.44. The van der Waals surface area contributed by atoms with Gasteiger partial charge in [-0.1, -0.05) is 42.8 Å². The van der Waals surface area contributed by atoms with Gasteiger partial charge in [0.1, 0.15) is 37.0 Å². The third-order valence-corrected chi connectivity index (χ3v) is 11.8. The summed E-state index contributed by atoms with van der Waals surface area (Å²) < 4.78 is 28.2. The van der Waals surface area contributed by atoms with Gasteiger partial charge >= 0.3 is 14.0 Å². The summed E-state index contributed by atoms with van der Waals surface area (Å²) in [6.45, 7) is 5.62. The lowest BCUT2D eigenvalue weighted by Crippen LogP contribution is -2.61. The maximum absolute atomic E-state index is 13.7. The molecule has 2 amide bonds. The summed E-state index contributed by atoms with van der Waals surface area (Å²) in [7, 11) is 8.53. The molecule has 2 radical (unpaired) electrons. The average molecular weight is 747 g/mol. The van der Waals surface area contributed by atoms with Crippen molar-refractivity contribution in [3.8, 4) is 23.0 Å². The lowest BCUT2D eigenvalue weighted by molar-refractivity contribution is -0.911. The number of amides is 2. The van der Waals surface area contributed by atoms with Crippen molar-refractivity contribution >= 4 is 49.2 Å². The number of nitrogens with zero attached hydrogens (tertiary/aromatic N) is 2. The molecule has 52 heavy (non-hydrogen) atoms. The molecule has 2 saturated heterocycles. The predicted octanol–water partition coefficient (Wildman–Crippen LogP) is 5.29. The smallest absolute Gasteiger partial charge is 0.378 e. The molecule has 11 nitrogen and oxygen atoms in total. The van der Waals surface area contributed by atoms with Gasteiger partial charge in [-0.2, -0.15) is 0 Å². The molecule has 0 aromatic heterocycles. The van der Waals surface area contributed by atoms with Gasteiger partial charge in [-0.25, -0.2) is 4.79 Å². The number of fused-ring (bicyclic) bond motifs is 1. The zero-order valence-corrected chi connectivity index (χ0v) is 31.1. The SMILES string of the molecule is [B]OC(=O)C1=C(C[N+]2(CCNC(=O)c3ccc(OCc4ccc(OC)cc4)c(OCc4ccc(OC)cc4)c3Cl)CCCC2)CS[C@@H]2[C@H](C)C(=O)N12. The topological polar surface area (TPSA) is 113 Å².